The first kappa shape index (κ1) is 11.2. The van der Waals surface area contributed by atoms with Gasteiger partial charge in [-0.3, -0.25) is 9.89 Å². The molecule has 4 nitrogen and oxygen atoms in total. The third-order valence-electron chi connectivity index (χ3n) is 1.95. The summed E-state index contributed by atoms with van der Waals surface area (Å²) in [6.07, 6.45) is 4.09. The van der Waals surface area contributed by atoms with E-state index in [9.17, 15) is 4.79 Å². The van der Waals surface area contributed by atoms with Gasteiger partial charge < -0.3 is 4.90 Å². The molecule has 1 aromatic rings. The lowest BCUT2D eigenvalue weighted by molar-refractivity contribution is 0.0794. The van der Waals surface area contributed by atoms with Crippen molar-refractivity contribution in [2.75, 3.05) is 13.6 Å². The van der Waals surface area contributed by atoms with Crippen molar-refractivity contribution in [1.29, 1.82) is 0 Å². The quantitative estimate of drug-likeness (QED) is 0.837. The van der Waals surface area contributed by atoms with E-state index in [1.807, 2.05) is 0 Å². The van der Waals surface area contributed by atoms with E-state index in [2.05, 4.69) is 33.1 Å². The molecule has 14 heavy (non-hydrogen) atoms. The van der Waals surface area contributed by atoms with Crippen molar-refractivity contribution in [2.24, 2.45) is 0 Å². The number of halogens is 1. The number of carbonyl (C=O) groups excluding carboxylic acids is 1. The molecule has 78 valence electrons. The second-order valence-electron chi connectivity index (χ2n) is 3.28. The van der Waals surface area contributed by atoms with Crippen LogP contribution in [0.1, 0.15) is 23.7 Å². The van der Waals surface area contributed by atoms with Crippen LogP contribution >= 0.6 is 15.9 Å². The first-order valence-electron chi connectivity index (χ1n) is 4.49. The number of hydrogen-bond donors (Lipinski definition) is 1. The topological polar surface area (TPSA) is 49.0 Å². The highest BCUT2D eigenvalue weighted by atomic mass is 79.9. The van der Waals surface area contributed by atoms with Crippen LogP contribution in [0.3, 0.4) is 0 Å². The van der Waals surface area contributed by atoms with Crippen molar-refractivity contribution in [3.8, 4) is 0 Å². The average Bonchev–Trinajstić information content (AvgIpc) is 2.65. The van der Waals surface area contributed by atoms with Crippen molar-refractivity contribution in [1.82, 2.24) is 15.1 Å². The molecule has 0 spiro atoms. The van der Waals surface area contributed by atoms with E-state index in [4.69, 9.17) is 0 Å². The monoisotopic (exact) mass is 259 g/mol. The van der Waals surface area contributed by atoms with Gasteiger partial charge in [0.2, 0.25) is 0 Å². The molecule has 1 unspecified atom stereocenters. The maximum Gasteiger partial charge on any atom is 0.256 e. The van der Waals surface area contributed by atoms with Gasteiger partial charge in [0.05, 0.1) is 11.8 Å². The molecule has 0 aliphatic heterocycles. The predicted octanol–water partition coefficient (Wildman–Crippen LogP) is 1.66. The van der Waals surface area contributed by atoms with Gasteiger partial charge in [-0.05, 0) is 6.42 Å². The number of carbonyl (C=O) groups is 1. The number of nitrogens with one attached hydrogen (secondary N) is 1. The van der Waals surface area contributed by atoms with Gasteiger partial charge in [-0.25, -0.2) is 0 Å². The molecule has 0 aliphatic carbocycles. The van der Waals surface area contributed by atoms with Crippen LogP contribution in [0.5, 0.6) is 0 Å². The number of rotatable bonds is 4. The Morgan fingerprint density at radius 2 is 2.50 bits per heavy atom. The smallest absolute Gasteiger partial charge is 0.256 e. The van der Waals surface area contributed by atoms with Gasteiger partial charge in [-0.1, -0.05) is 22.9 Å². The summed E-state index contributed by atoms with van der Waals surface area (Å²) in [5, 5.41) is 6.36. The lowest BCUT2D eigenvalue weighted by atomic mass is 10.3. The highest BCUT2D eigenvalue weighted by Gasteiger charge is 2.12. The summed E-state index contributed by atoms with van der Waals surface area (Å²) in [6, 6.07) is 0. The average molecular weight is 260 g/mol. The Bertz CT molecular complexity index is 284. The summed E-state index contributed by atoms with van der Waals surface area (Å²) in [5.41, 5.74) is 0.606. The highest BCUT2D eigenvalue weighted by molar-refractivity contribution is 9.09. The summed E-state index contributed by atoms with van der Waals surface area (Å²) in [7, 11) is 1.80. The van der Waals surface area contributed by atoms with Crippen molar-refractivity contribution in [3.05, 3.63) is 18.0 Å². The van der Waals surface area contributed by atoms with Gasteiger partial charge in [0.15, 0.2) is 0 Å². The molecule has 1 rings (SSSR count). The Morgan fingerprint density at radius 1 is 1.79 bits per heavy atom. The Morgan fingerprint density at radius 3 is 3.00 bits per heavy atom. The molecular formula is C9H14BrN3O. The standard InChI is InChI=1S/C9H14BrN3O/c1-7(10)3-4-13(2)9(14)8-5-11-12-6-8/h5-7H,3-4H2,1-2H3,(H,11,12). The first-order chi connectivity index (χ1) is 6.61. The fourth-order valence-electron chi connectivity index (χ4n) is 1.06. The van der Waals surface area contributed by atoms with Crippen LogP contribution in [-0.2, 0) is 0 Å². The molecule has 5 heteroatoms. The molecule has 0 saturated carbocycles. The summed E-state index contributed by atoms with van der Waals surface area (Å²) in [6.45, 7) is 2.81. The van der Waals surface area contributed by atoms with Crippen molar-refractivity contribution >= 4 is 21.8 Å². The largest absolute Gasteiger partial charge is 0.342 e. The van der Waals surface area contributed by atoms with Crippen LogP contribution in [0.25, 0.3) is 0 Å². The third kappa shape index (κ3) is 3.14. The molecule has 1 atom stereocenters. The number of nitrogens with zero attached hydrogens (tertiary/aromatic N) is 2. The van der Waals surface area contributed by atoms with Gasteiger partial charge in [-0.15, -0.1) is 0 Å². The molecule has 0 bridgehead atoms. The SMILES string of the molecule is CC(Br)CCN(C)C(=O)c1cn[nH]c1. The Balaban J connectivity index is 2.45. The zero-order valence-corrected chi connectivity index (χ0v) is 9.91. The summed E-state index contributed by atoms with van der Waals surface area (Å²) >= 11 is 3.44. The summed E-state index contributed by atoms with van der Waals surface area (Å²) in [5.74, 6) is 0.00639. The van der Waals surface area contributed by atoms with Crippen LogP contribution in [0.4, 0.5) is 0 Å². The van der Waals surface area contributed by atoms with Crippen molar-refractivity contribution in [3.63, 3.8) is 0 Å². The van der Waals surface area contributed by atoms with Crippen LogP contribution in [0.15, 0.2) is 12.4 Å². The van der Waals surface area contributed by atoms with Gasteiger partial charge in [-0.2, -0.15) is 5.10 Å². The second-order valence-corrected chi connectivity index (χ2v) is 4.85. The number of hydrogen-bond acceptors (Lipinski definition) is 2. The molecule has 0 aliphatic rings. The lowest BCUT2D eigenvalue weighted by Crippen LogP contribution is -2.28. The minimum absolute atomic E-state index is 0.00639. The fraction of sp³-hybridized carbons (Fsp3) is 0.556. The van der Waals surface area contributed by atoms with E-state index < -0.39 is 0 Å². The van der Waals surface area contributed by atoms with Gasteiger partial charge in [0.1, 0.15) is 0 Å². The van der Waals surface area contributed by atoms with Crippen LogP contribution < -0.4 is 0 Å². The number of H-pyrrole nitrogens is 1. The molecule has 0 saturated heterocycles. The maximum atomic E-state index is 11.7. The number of alkyl halides is 1. The van der Waals surface area contributed by atoms with Gasteiger partial charge in [0, 0.05) is 24.6 Å². The van der Waals surface area contributed by atoms with E-state index in [-0.39, 0.29) is 5.91 Å². The zero-order valence-electron chi connectivity index (χ0n) is 8.33. The Hall–Kier alpha value is -0.840. The molecule has 1 heterocycles. The normalized spacial score (nSPS) is 12.5. The predicted molar refractivity (Wildman–Crippen MR) is 58.6 cm³/mol. The van der Waals surface area contributed by atoms with Gasteiger partial charge >= 0.3 is 0 Å². The molecule has 0 radical (unpaired) electrons. The molecule has 1 amide bonds. The lowest BCUT2D eigenvalue weighted by Gasteiger charge is -2.16. The van der Waals surface area contributed by atoms with Crippen molar-refractivity contribution < 1.29 is 4.79 Å². The Labute approximate surface area is 91.8 Å². The first-order valence-corrected chi connectivity index (χ1v) is 5.41. The fourth-order valence-corrected chi connectivity index (χ4v) is 1.27. The van der Waals surface area contributed by atoms with E-state index in [1.165, 1.54) is 6.20 Å². The van der Waals surface area contributed by atoms with E-state index in [1.54, 1.807) is 18.1 Å². The van der Waals surface area contributed by atoms with Crippen LogP contribution in [-0.4, -0.2) is 39.4 Å². The third-order valence-corrected chi connectivity index (χ3v) is 2.41. The number of amides is 1. The summed E-state index contributed by atoms with van der Waals surface area (Å²) < 4.78 is 0. The minimum Gasteiger partial charge on any atom is -0.342 e. The zero-order chi connectivity index (χ0) is 10.6. The maximum absolute atomic E-state index is 11.7. The molecule has 1 N–H and O–H groups in total. The van der Waals surface area contributed by atoms with Crippen LogP contribution in [0.2, 0.25) is 0 Å². The number of aromatic amines is 1. The summed E-state index contributed by atoms with van der Waals surface area (Å²) in [4.78, 5) is 13.8. The molecule has 0 fully saturated rings. The van der Waals surface area contributed by atoms with Gasteiger partial charge in [0.25, 0.3) is 5.91 Å². The molecule has 1 aromatic heterocycles. The second kappa shape index (κ2) is 5.14. The van der Waals surface area contributed by atoms with E-state index >= 15 is 0 Å². The van der Waals surface area contributed by atoms with Crippen molar-refractivity contribution in [2.45, 2.75) is 18.2 Å². The van der Waals surface area contributed by atoms with E-state index in [0.717, 1.165) is 13.0 Å². The van der Waals surface area contributed by atoms with E-state index in [0.29, 0.717) is 10.4 Å². The van der Waals surface area contributed by atoms with Crippen LogP contribution in [0, 0.1) is 0 Å². The number of aromatic nitrogens is 2. The molecule has 0 aromatic carbocycles. The highest BCUT2D eigenvalue weighted by Crippen LogP contribution is 2.06. The minimum atomic E-state index is 0.00639. The molecular weight excluding hydrogens is 246 g/mol. The Kier molecular flexibility index (Phi) is 4.13.